The van der Waals surface area contributed by atoms with Crippen LogP contribution < -0.4 is 14.8 Å². The molecule has 0 bridgehead atoms. The highest BCUT2D eigenvalue weighted by molar-refractivity contribution is 5.88. The molecule has 6 nitrogen and oxygen atoms in total. The van der Waals surface area contributed by atoms with Crippen molar-refractivity contribution in [1.29, 1.82) is 0 Å². The molecule has 0 spiro atoms. The fourth-order valence-electron chi connectivity index (χ4n) is 4.21. The molecule has 38 heavy (non-hydrogen) atoms. The Bertz CT molecular complexity index is 1180. The first-order valence-electron chi connectivity index (χ1n) is 12.9. The summed E-state index contributed by atoms with van der Waals surface area (Å²) in [6, 6.07) is 20.5. The van der Waals surface area contributed by atoms with Crippen molar-refractivity contribution in [3.8, 4) is 11.5 Å². The number of methoxy groups -OCH3 is 2. The average molecular weight is 521 g/mol. The molecule has 7 heteroatoms. The summed E-state index contributed by atoms with van der Waals surface area (Å²) < 4.78 is 24.3. The van der Waals surface area contributed by atoms with Gasteiger partial charge in [-0.3, -0.25) is 9.59 Å². The number of carbonyl (C=O) groups excluding carboxylic acids is 2. The number of amides is 2. The van der Waals surface area contributed by atoms with E-state index in [1.807, 2.05) is 62.4 Å². The molecular weight excluding hydrogens is 483 g/mol. The summed E-state index contributed by atoms with van der Waals surface area (Å²) in [5.74, 6) is 0.491. The third-order valence-corrected chi connectivity index (χ3v) is 6.61. The van der Waals surface area contributed by atoms with E-state index in [1.54, 1.807) is 31.3 Å². The molecule has 3 aromatic carbocycles. The minimum absolute atomic E-state index is 0.0321. The van der Waals surface area contributed by atoms with Crippen LogP contribution in [-0.4, -0.2) is 43.0 Å². The van der Waals surface area contributed by atoms with Gasteiger partial charge in [0.05, 0.1) is 14.2 Å². The Kier molecular flexibility index (Phi) is 10.7. The highest BCUT2D eigenvalue weighted by Crippen LogP contribution is 2.28. The van der Waals surface area contributed by atoms with Crippen molar-refractivity contribution in [3.63, 3.8) is 0 Å². The van der Waals surface area contributed by atoms with Crippen molar-refractivity contribution >= 4 is 11.8 Å². The SMILES string of the molecule is CCC(C)NC(=O)C(Cc1ccccc1)N(Cc1ccc(F)cc1)C(=O)CCc1ccc(OC)c(OC)c1. The van der Waals surface area contributed by atoms with Crippen LogP contribution in [0.15, 0.2) is 72.8 Å². The second-order valence-corrected chi connectivity index (χ2v) is 9.36. The molecule has 2 amide bonds. The van der Waals surface area contributed by atoms with Crippen LogP contribution in [0, 0.1) is 5.82 Å². The monoisotopic (exact) mass is 520 g/mol. The maximum atomic E-state index is 13.8. The standard InChI is InChI=1S/C31H37FN2O4/c1-5-22(2)33-31(36)27(19-23-9-7-6-8-10-23)34(21-25-11-15-26(32)16-12-25)30(35)18-14-24-13-17-28(37-3)29(20-24)38-4/h6-13,15-17,20,22,27H,5,14,18-19,21H2,1-4H3,(H,33,36). The first-order chi connectivity index (χ1) is 18.3. The van der Waals surface area contributed by atoms with Gasteiger partial charge in [-0.2, -0.15) is 0 Å². The van der Waals surface area contributed by atoms with Gasteiger partial charge in [-0.15, -0.1) is 0 Å². The number of benzene rings is 3. The summed E-state index contributed by atoms with van der Waals surface area (Å²) in [7, 11) is 3.15. The van der Waals surface area contributed by atoms with Gasteiger partial charge < -0.3 is 19.7 Å². The Morgan fingerprint density at radius 1 is 0.895 bits per heavy atom. The molecule has 0 aromatic heterocycles. The van der Waals surface area contributed by atoms with Crippen LogP contribution in [-0.2, 0) is 29.0 Å². The topological polar surface area (TPSA) is 67.9 Å². The van der Waals surface area contributed by atoms with Crippen molar-refractivity contribution in [2.24, 2.45) is 0 Å². The van der Waals surface area contributed by atoms with Crippen LogP contribution in [0.1, 0.15) is 43.4 Å². The lowest BCUT2D eigenvalue weighted by atomic mass is 10.0. The van der Waals surface area contributed by atoms with Crippen molar-refractivity contribution in [1.82, 2.24) is 10.2 Å². The Morgan fingerprint density at radius 2 is 1.55 bits per heavy atom. The second-order valence-electron chi connectivity index (χ2n) is 9.36. The van der Waals surface area contributed by atoms with Gasteiger partial charge >= 0.3 is 0 Å². The first-order valence-corrected chi connectivity index (χ1v) is 12.9. The van der Waals surface area contributed by atoms with Crippen LogP contribution in [0.25, 0.3) is 0 Å². The molecular formula is C31H37FN2O4. The molecule has 0 aliphatic heterocycles. The van der Waals surface area contributed by atoms with Gasteiger partial charge in [0.25, 0.3) is 0 Å². The van der Waals surface area contributed by atoms with Gasteiger partial charge in [0.1, 0.15) is 11.9 Å². The van der Waals surface area contributed by atoms with Crippen molar-refractivity contribution < 1.29 is 23.5 Å². The van der Waals surface area contributed by atoms with Gasteiger partial charge in [-0.25, -0.2) is 4.39 Å². The Hall–Kier alpha value is -3.87. The maximum Gasteiger partial charge on any atom is 0.243 e. The van der Waals surface area contributed by atoms with Crippen molar-refractivity contribution in [2.45, 2.75) is 58.2 Å². The Morgan fingerprint density at radius 3 is 2.18 bits per heavy atom. The van der Waals surface area contributed by atoms with E-state index in [0.717, 1.165) is 23.1 Å². The largest absolute Gasteiger partial charge is 0.493 e. The minimum atomic E-state index is -0.727. The van der Waals surface area contributed by atoms with E-state index in [9.17, 15) is 14.0 Å². The fourth-order valence-corrected chi connectivity index (χ4v) is 4.21. The van der Waals surface area contributed by atoms with Crippen LogP contribution in [0.2, 0.25) is 0 Å². The number of carbonyl (C=O) groups is 2. The Labute approximate surface area is 224 Å². The highest BCUT2D eigenvalue weighted by Gasteiger charge is 2.30. The van der Waals surface area contributed by atoms with Crippen LogP contribution in [0.4, 0.5) is 4.39 Å². The molecule has 0 radical (unpaired) electrons. The smallest absolute Gasteiger partial charge is 0.243 e. The molecule has 0 aliphatic carbocycles. The van der Waals surface area contributed by atoms with Gasteiger partial charge in [0, 0.05) is 25.4 Å². The summed E-state index contributed by atoms with van der Waals surface area (Å²) in [5, 5.41) is 3.06. The van der Waals surface area contributed by atoms with E-state index in [-0.39, 0.29) is 36.6 Å². The van der Waals surface area contributed by atoms with Crippen LogP contribution in [0.5, 0.6) is 11.5 Å². The molecule has 3 aromatic rings. The lowest BCUT2D eigenvalue weighted by molar-refractivity contribution is -0.141. The van der Waals surface area contributed by atoms with Crippen LogP contribution in [0.3, 0.4) is 0 Å². The third kappa shape index (κ3) is 8.07. The van der Waals surface area contributed by atoms with Gasteiger partial charge in [0.2, 0.25) is 11.8 Å². The molecule has 1 N–H and O–H groups in total. The van der Waals surface area contributed by atoms with Crippen LogP contribution >= 0.6 is 0 Å². The number of rotatable bonds is 13. The maximum absolute atomic E-state index is 13.8. The predicted molar refractivity (Wildman–Crippen MR) is 147 cm³/mol. The van der Waals surface area contributed by atoms with Crippen molar-refractivity contribution in [3.05, 3.63) is 95.3 Å². The molecule has 0 aliphatic rings. The van der Waals surface area contributed by atoms with Gasteiger partial charge in [-0.05, 0) is 60.7 Å². The van der Waals surface area contributed by atoms with E-state index >= 15 is 0 Å². The number of ether oxygens (including phenoxy) is 2. The van der Waals surface area contributed by atoms with E-state index in [0.29, 0.717) is 24.3 Å². The molecule has 2 atom stereocenters. The quantitative estimate of drug-likeness (QED) is 0.331. The summed E-state index contributed by atoms with van der Waals surface area (Å²) in [5.41, 5.74) is 2.62. The number of hydrogen-bond donors (Lipinski definition) is 1. The molecule has 2 unspecified atom stereocenters. The zero-order valence-electron chi connectivity index (χ0n) is 22.6. The van der Waals surface area contributed by atoms with Crippen molar-refractivity contribution in [2.75, 3.05) is 14.2 Å². The summed E-state index contributed by atoms with van der Waals surface area (Å²) >= 11 is 0. The number of aryl methyl sites for hydroxylation is 1. The first kappa shape index (κ1) is 28.7. The lowest BCUT2D eigenvalue weighted by Gasteiger charge is -2.32. The normalized spacial score (nSPS) is 12.3. The number of nitrogens with zero attached hydrogens (tertiary/aromatic N) is 1. The van der Waals surface area contributed by atoms with E-state index in [2.05, 4.69) is 5.32 Å². The third-order valence-electron chi connectivity index (χ3n) is 6.61. The Balaban J connectivity index is 1.90. The average Bonchev–Trinajstić information content (AvgIpc) is 2.94. The summed E-state index contributed by atoms with van der Waals surface area (Å²) in [6.07, 6.45) is 1.80. The molecule has 0 heterocycles. The van der Waals surface area contributed by atoms with E-state index in [1.165, 1.54) is 12.1 Å². The second kappa shape index (κ2) is 14.2. The zero-order valence-corrected chi connectivity index (χ0v) is 22.6. The number of hydrogen-bond acceptors (Lipinski definition) is 4. The predicted octanol–water partition coefficient (Wildman–Crippen LogP) is 5.33. The summed E-state index contributed by atoms with van der Waals surface area (Å²) in [6.45, 7) is 4.14. The van der Waals surface area contributed by atoms with E-state index < -0.39 is 6.04 Å². The molecule has 0 saturated carbocycles. The zero-order chi connectivity index (χ0) is 27.5. The molecule has 3 rings (SSSR count). The molecule has 0 fully saturated rings. The van der Waals surface area contributed by atoms with Gasteiger partial charge in [-0.1, -0.05) is 55.5 Å². The number of halogens is 1. The fraction of sp³-hybridized carbons (Fsp3) is 0.355. The molecule has 0 saturated heterocycles. The summed E-state index contributed by atoms with van der Waals surface area (Å²) in [4.78, 5) is 28.9. The minimum Gasteiger partial charge on any atom is -0.493 e. The van der Waals surface area contributed by atoms with E-state index in [4.69, 9.17) is 9.47 Å². The molecule has 202 valence electrons. The lowest BCUT2D eigenvalue weighted by Crippen LogP contribution is -2.52. The van der Waals surface area contributed by atoms with Gasteiger partial charge in [0.15, 0.2) is 11.5 Å². The number of nitrogens with one attached hydrogen (secondary N) is 1. The highest BCUT2D eigenvalue weighted by atomic mass is 19.1.